The number of halogens is 3. The highest BCUT2D eigenvalue weighted by Gasteiger charge is 2.52. The van der Waals surface area contributed by atoms with Gasteiger partial charge in [-0.05, 0) is 24.5 Å². The second-order valence-electron chi connectivity index (χ2n) is 4.28. The van der Waals surface area contributed by atoms with Crippen LogP contribution in [-0.2, 0) is 0 Å². The maximum Gasteiger partial charge on any atom is 0.301 e. The molecule has 0 aromatic rings. The lowest BCUT2D eigenvalue weighted by molar-refractivity contribution is -0.00975. The Hall–Kier alpha value is -1.37. The molecule has 1 aliphatic carbocycles. The van der Waals surface area contributed by atoms with Crippen molar-refractivity contribution in [1.29, 1.82) is 0 Å². The van der Waals surface area contributed by atoms with Gasteiger partial charge in [0.05, 0.1) is 11.6 Å². The van der Waals surface area contributed by atoms with Crippen LogP contribution in [0.25, 0.3) is 0 Å². The highest BCUT2D eigenvalue weighted by Crippen LogP contribution is 2.49. The number of rotatable bonds is 2. The molecule has 4 heteroatoms. The van der Waals surface area contributed by atoms with Crippen molar-refractivity contribution in [3.05, 3.63) is 22.9 Å². The second-order valence-corrected chi connectivity index (χ2v) is 4.28. The van der Waals surface area contributed by atoms with Gasteiger partial charge in [0.15, 0.2) is 0 Å². The van der Waals surface area contributed by atoms with Crippen LogP contribution in [0.2, 0.25) is 0 Å². The Morgan fingerprint density at radius 2 is 2.29 bits per heavy atom. The standard InChI is InChI=1S/C13H14F3N/c1-3-10-7-11-9(8-14)5-6-17(4-2)12(11)13(10,15)16/h1,5,10H,4,6-8H2,2H3. The maximum absolute atomic E-state index is 14.1. The number of terminal acetylenes is 1. The minimum Gasteiger partial charge on any atom is -0.366 e. The molecule has 0 aromatic carbocycles. The van der Waals surface area contributed by atoms with Crippen LogP contribution in [0.3, 0.4) is 0 Å². The molecule has 17 heavy (non-hydrogen) atoms. The first kappa shape index (κ1) is 12.1. The molecule has 0 aromatic heterocycles. The number of likely N-dealkylation sites (N-methyl/N-ethyl adjacent to an activating group) is 1. The zero-order valence-corrected chi connectivity index (χ0v) is 9.64. The summed E-state index contributed by atoms with van der Waals surface area (Å²) in [6, 6.07) is 0. The molecule has 0 N–H and O–H groups in total. The lowest BCUT2D eigenvalue weighted by Crippen LogP contribution is -2.37. The molecule has 0 fully saturated rings. The molecule has 0 radical (unpaired) electrons. The van der Waals surface area contributed by atoms with Crippen molar-refractivity contribution in [2.75, 3.05) is 19.8 Å². The van der Waals surface area contributed by atoms with Crippen LogP contribution < -0.4 is 0 Å². The highest BCUT2D eigenvalue weighted by atomic mass is 19.3. The third-order valence-corrected chi connectivity index (χ3v) is 3.44. The number of hydrogen-bond donors (Lipinski definition) is 0. The molecule has 2 rings (SSSR count). The summed E-state index contributed by atoms with van der Waals surface area (Å²) in [4.78, 5) is 1.58. The van der Waals surface area contributed by atoms with Crippen molar-refractivity contribution in [3.63, 3.8) is 0 Å². The SMILES string of the molecule is C#CC1CC2=C(N(CC)CC=C2CF)C1(F)F. The Morgan fingerprint density at radius 1 is 1.59 bits per heavy atom. The Morgan fingerprint density at radius 3 is 2.82 bits per heavy atom. The largest absolute Gasteiger partial charge is 0.366 e. The molecule has 0 bridgehead atoms. The maximum atomic E-state index is 14.1. The lowest BCUT2D eigenvalue weighted by atomic mass is 10.00. The molecule has 1 heterocycles. The predicted molar refractivity (Wildman–Crippen MR) is 60.2 cm³/mol. The van der Waals surface area contributed by atoms with Gasteiger partial charge in [0.25, 0.3) is 0 Å². The second kappa shape index (κ2) is 4.14. The van der Waals surface area contributed by atoms with Crippen molar-refractivity contribution in [2.45, 2.75) is 19.3 Å². The third-order valence-electron chi connectivity index (χ3n) is 3.44. The minimum atomic E-state index is -3.03. The average molecular weight is 241 g/mol. The summed E-state index contributed by atoms with van der Waals surface area (Å²) in [6.07, 6.45) is 6.90. The van der Waals surface area contributed by atoms with E-state index in [0.717, 1.165) is 0 Å². The van der Waals surface area contributed by atoms with E-state index in [1.165, 1.54) is 0 Å². The topological polar surface area (TPSA) is 3.24 Å². The summed E-state index contributed by atoms with van der Waals surface area (Å²) in [6.45, 7) is 1.91. The summed E-state index contributed by atoms with van der Waals surface area (Å²) in [5.74, 6) is -2.05. The first-order valence-electron chi connectivity index (χ1n) is 5.64. The fourth-order valence-electron chi connectivity index (χ4n) is 2.50. The van der Waals surface area contributed by atoms with Crippen LogP contribution >= 0.6 is 0 Å². The summed E-state index contributed by atoms with van der Waals surface area (Å²) in [5, 5.41) is 0. The van der Waals surface area contributed by atoms with Crippen molar-refractivity contribution < 1.29 is 13.2 Å². The van der Waals surface area contributed by atoms with Gasteiger partial charge >= 0.3 is 5.92 Å². The zero-order valence-electron chi connectivity index (χ0n) is 9.64. The summed E-state index contributed by atoms with van der Waals surface area (Å²) in [5.41, 5.74) is 0.730. The lowest BCUT2D eigenvalue weighted by Gasteiger charge is -2.32. The number of nitrogens with zero attached hydrogens (tertiary/aromatic N) is 1. The van der Waals surface area contributed by atoms with Crippen molar-refractivity contribution in [1.82, 2.24) is 4.90 Å². The Balaban J connectivity index is 2.48. The molecule has 0 spiro atoms. The summed E-state index contributed by atoms with van der Waals surface area (Å²) in [7, 11) is 0. The van der Waals surface area contributed by atoms with E-state index in [-0.39, 0.29) is 12.1 Å². The third kappa shape index (κ3) is 1.65. The number of alkyl halides is 3. The van der Waals surface area contributed by atoms with Crippen LogP contribution in [0.1, 0.15) is 13.3 Å². The quantitative estimate of drug-likeness (QED) is 0.672. The first-order valence-corrected chi connectivity index (χ1v) is 5.64. The first-order chi connectivity index (χ1) is 8.06. The van der Waals surface area contributed by atoms with Gasteiger partial charge in [-0.1, -0.05) is 12.0 Å². The number of hydrogen-bond acceptors (Lipinski definition) is 1. The molecule has 2 aliphatic rings. The molecular weight excluding hydrogens is 227 g/mol. The Labute approximate surface area is 99.0 Å². The van der Waals surface area contributed by atoms with Gasteiger partial charge in [0.2, 0.25) is 0 Å². The van der Waals surface area contributed by atoms with Crippen molar-refractivity contribution in [3.8, 4) is 12.3 Å². The number of allylic oxidation sites excluding steroid dienone is 3. The molecule has 0 saturated heterocycles. The van der Waals surface area contributed by atoms with Crippen LogP contribution in [0, 0.1) is 18.3 Å². The summed E-state index contributed by atoms with van der Waals surface area (Å²) >= 11 is 0. The van der Waals surface area contributed by atoms with Crippen LogP contribution in [0.5, 0.6) is 0 Å². The van der Waals surface area contributed by atoms with E-state index in [1.54, 1.807) is 17.9 Å². The van der Waals surface area contributed by atoms with Crippen LogP contribution in [0.4, 0.5) is 13.2 Å². The molecule has 1 aliphatic heterocycles. The Bertz CT molecular complexity index is 428. The van der Waals surface area contributed by atoms with E-state index >= 15 is 0 Å². The molecule has 0 saturated carbocycles. The van der Waals surface area contributed by atoms with Gasteiger partial charge in [-0.15, -0.1) is 6.42 Å². The van der Waals surface area contributed by atoms with Gasteiger partial charge in [-0.2, -0.15) is 8.78 Å². The van der Waals surface area contributed by atoms with Crippen LogP contribution in [0.15, 0.2) is 22.9 Å². The van der Waals surface area contributed by atoms with E-state index in [1.807, 2.05) is 0 Å². The van der Waals surface area contributed by atoms with E-state index < -0.39 is 18.5 Å². The highest BCUT2D eigenvalue weighted by molar-refractivity contribution is 5.47. The van der Waals surface area contributed by atoms with Crippen molar-refractivity contribution in [2.24, 2.45) is 5.92 Å². The van der Waals surface area contributed by atoms with E-state index in [4.69, 9.17) is 6.42 Å². The average Bonchev–Trinajstić information content (AvgIpc) is 2.60. The molecule has 1 atom stereocenters. The monoisotopic (exact) mass is 241 g/mol. The molecular formula is C13H14F3N. The smallest absolute Gasteiger partial charge is 0.301 e. The van der Waals surface area contributed by atoms with Gasteiger partial charge < -0.3 is 4.90 Å². The van der Waals surface area contributed by atoms with Gasteiger partial charge in [-0.25, -0.2) is 4.39 Å². The van der Waals surface area contributed by atoms with E-state index in [2.05, 4.69) is 5.92 Å². The normalized spacial score (nSPS) is 26.6. The van der Waals surface area contributed by atoms with Gasteiger partial charge in [-0.3, -0.25) is 0 Å². The zero-order chi connectivity index (χ0) is 12.6. The Kier molecular flexibility index (Phi) is 2.94. The minimum absolute atomic E-state index is 0.0573. The molecule has 1 nitrogen and oxygen atoms in total. The van der Waals surface area contributed by atoms with Gasteiger partial charge in [0, 0.05) is 13.1 Å². The van der Waals surface area contributed by atoms with Gasteiger partial charge in [0.1, 0.15) is 6.67 Å². The molecule has 92 valence electrons. The summed E-state index contributed by atoms with van der Waals surface area (Å²) < 4.78 is 41.0. The fraction of sp³-hybridized carbons (Fsp3) is 0.538. The van der Waals surface area contributed by atoms with Crippen molar-refractivity contribution >= 4 is 0 Å². The molecule has 0 amide bonds. The molecule has 1 unspecified atom stereocenters. The fourth-order valence-corrected chi connectivity index (χ4v) is 2.50. The van der Waals surface area contributed by atoms with E-state index in [0.29, 0.717) is 24.2 Å². The van der Waals surface area contributed by atoms with E-state index in [9.17, 15) is 13.2 Å². The van der Waals surface area contributed by atoms with Crippen LogP contribution in [-0.4, -0.2) is 30.6 Å². The predicted octanol–water partition coefficient (Wildman–Crippen LogP) is 2.76.